The lowest BCUT2D eigenvalue weighted by molar-refractivity contribution is -0.116. The highest BCUT2D eigenvalue weighted by Gasteiger charge is 2.12. The minimum Gasteiger partial charge on any atom is -0.355 e. The van der Waals surface area contributed by atoms with E-state index in [1.807, 2.05) is 0 Å². The lowest BCUT2D eigenvalue weighted by Crippen LogP contribution is -2.34. The molecule has 5 heteroatoms. The molecule has 12 heavy (non-hydrogen) atoms. The molecule has 0 atom stereocenters. The quantitative estimate of drug-likeness (QED) is 0.568. The number of halogens is 2. The summed E-state index contributed by atoms with van der Waals surface area (Å²) in [7, 11) is 4.55. The Bertz CT molecular complexity index is 110. The molecule has 0 saturated carbocycles. The van der Waals surface area contributed by atoms with Crippen LogP contribution in [-0.4, -0.2) is 52.0 Å². The number of hydrogen-bond donors (Lipinski definition) is 0. The number of likely N-dealkylation sites (N-methyl/N-ethyl adjacent to an activating group) is 1. The van der Waals surface area contributed by atoms with Crippen LogP contribution in [0.5, 0.6) is 0 Å². The number of hydrogen-bond acceptors (Lipinski definition) is 3. The number of rotatable bonds is 6. The Balaban J connectivity index is 3.58. The molecule has 0 spiro atoms. The molecule has 0 saturated heterocycles. The zero-order valence-electron chi connectivity index (χ0n) is 7.59. The van der Waals surface area contributed by atoms with Crippen molar-refractivity contribution in [2.75, 3.05) is 34.4 Å². The summed E-state index contributed by atoms with van der Waals surface area (Å²) < 4.78 is 33.3. The molecular weight excluding hydrogens is 168 g/mol. The molecule has 0 amide bonds. The van der Waals surface area contributed by atoms with Crippen LogP contribution in [0.3, 0.4) is 0 Å². The summed E-state index contributed by atoms with van der Waals surface area (Å²) in [5, 5.41) is 0. The molecule has 74 valence electrons. The summed E-state index contributed by atoms with van der Waals surface area (Å²) in [6, 6.07) is 0. The first kappa shape index (κ1) is 11.7. The first-order chi connectivity index (χ1) is 5.60. The van der Waals surface area contributed by atoms with Crippen molar-refractivity contribution in [1.82, 2.24) is 4.90 Å². The minimum absolute atomic E-state index is 0.261. The molecule has 0 aromatic carbocycles. The summed E-state index contributed by atoms with van der Waals surface area (Å²) >= 11 is 0. The van der Waals surface area contributed by atoms with E-state index in [-0.39, 0.29) is 6.54 Å². The molecule has 0 fully saturated rings. The number of nitrogens with zero attached hydrogens (tertiary/aromatic N) is 1. The largest absolute Gasteiger partial charge is 0.355 e. The first-order valence-corrected chi connectivity index (χ1v) is 3.62. The lowest BCUT2D eigenvalue weighted by atomic mass is 10.5. The SMILES string of the molecule is COC(CN(C)CC(F)F)OC. The average Bonchev–Trinajstić information content (AvgIpc) is 1.98. The van der Waals surface area contributed by atoms with E-state index in [0.29, 0.717) is 6.54 Å². The van der Waals surface area contributed by atoms with Crippen molar-refractivity contribution in [3.05, 3.63) is 0 Å². The fourth-order valence-corrected chi connectivity index (χ4v) is 0.810. The molecule has 0 aliphatic heterocycles. The molecule has 0 unspecified atom stereocenters. The number of ether oxygens (including phenoxy) is 2. The van der Waals surface area contributed by atoms with Crippen LogP contribution in [0.1, 0.15) is 0 Å². The van der Waals surface area contributed by atoms with Crippen molar-refractivity contribution in [3.8, 4) is 0 Å². The Hall–Kier alpha value is -0.260. The summed E-state index contributed by atoms with van der Waals surface area (Å²) in [6.07, 6.45) is -2.75. The van der Waals surface area contributed by atoms with Crippen LogP contribution in [0, 0.1) is 0 Å². The molecule has 3 nitrogen and oxygen atoms in total. The molecular formula is C7H15F2NO2. The van der Waals surface area contributed by atoms with Crippen LogP contribution in [0.25, 0.3) is 0 Å². The molecule has 0 rings (SSSR count). The van der Waals surface area contributed by atoms with Crippen LogP contribution in [0.4, 0.5) is 8.78 Å². The Morgan fingerprint density at radius 2 is 1.67 bits per heavy atom. The van der Waals surface area contributed by atoms with Crippen molar-refractivity contribution >= 4 is 0 Å². The lowest BCUT2D eigenvalue weighted by Gasteiger charge is -2.21. The maximum Gasteiger partial charge on any atom is 0.251 e. The smallest absolute Gasteiger partial charge is 0.251 e. The van der Waals surface area contributed by atoms with E-state index >= 15 is 0 Å². The van der Waals surface area contributed by atoms with E-state index in [9.17, 15) is 8.78 Å². The van der Waals surface area contributed by atoms with Gasteiger partial charge >= 0.3 is 0 Å². The average molecular weight is 183 g/mol. The van der Waals surface area contributed by atoms with Gasteiger partial charge in [0.15, 0.2) is 6.29 Å². The molecule has 0 aliphatic rings. The summed E-state index contributed by atoms with van der Waals surface area (Å²) in [5.41, 5.74) is 0. The van der Waals surface area contributed by atoms with Crippen LogP contribution < -0.4 is 0 Å². The predicted molar refractivity (Wildman–Crippen MR) is 41.3 cm³/mol. The molecule has 0 bridgehead atoms. The fourth-order valence-electron chi connectivity index (χ4n) is 0.810. The highest BCUT2D eigenvalue weighted by molar-refractivity contribution is 4.55. The van der Waals surface area contributed by atoms with Gasteiger partial charge in [-0.15, -0.1) is 0 Å². The summed E-state index contributed by atoms with van der Waals surface area (Å²) in [4.78, 5) is 1.46. The van der Waals surface area contributed by atoms with Gasteiger partial charge in [0.2, 0.25) is 0 Å². The topological polar surface area (TPSA) is 21.7 Å². The van der Waals surface area contributed by atoms with Crippen LogP contribution >= 0.6 is 0 Å². The van der Waals surface area contributed by atoms with Crippen molar-refractivity contribution < 1.29 is 18.3 Å². The molecule has 0 radical (unpaired) electrons. The Labute approximate surface area is 71.2 Å². The Morgan fingerprint density at radius 1 is 1.17 bits per heavy atom. The molecule has 0 heterocycles. The standard InChI is InChI=1S/C7H15F2NO2/c1-10(4-6(8)9)5-7(11-2)12-3/h6-7H,4-5H2,1-3H3. The van der Waals surface area contributed by atoms with E-state index < -0.39 is 12.7 Å². The predicted octanol–water partition coefficient (Wildman–Crippen LogP) is 0.802. The number of alkyl halides is 2. The van der Waals surface area contributed by atoms with Crippen LogP contribution in [-0.2, 0) is 9.47 Å². The van der Waals surface area contributed by atoms with E-state index in [0.717, 1.165) is 0 Å². The van der Waals surface area contributed by atoms with Crippen LogP contribution in [0.15, 0.2) is 0 Å². The van der Waals surface area contributed by atoms with Crippen molar-refractivity contribution in [3.63, 3.8) is 0 Å². The fraction of sp³-hybridized carbons (Fsp3) is 1.00. The number of methoxy groups -OCH3 is 2. The van der Waals surface area contributed by atoms with Gasteiger partial charge < -0.3 is 9.47 Å². The van der Waals surface area contributed by atoms with Crippen LogP contribution in [0.2, 0.25) is 0 Å². The highest BCUT2D eigenvalue weighted by Crippen LogP contribution is 1.99. The maximum absolute atomic E-state index is 11.8. The third-order valence-electron chi connectivity index (χ3n) is 1.44. The molecule has 0 aromatic rings. The van der Waals surface area contributed by atoms with E-state index in [2.05, 4.69) is 0 Å². The van der Waals surface area contributed by atoms with Crippen molar-refractivity contribution in [1.29, 1.82) is 0 Å². The van der Waals surface area contributed by atoms with Gasteiger partial charge in [0.05, 0.1) is 6.54 Å². The monoisotopic (exact) mass is 183 g/mol. The van der Waals surface area contributed by atoms with Gasteiger partial charge in [-0.3, -0.25) is 4.90 Å². The normalized spacial score (nSPS) is 12.0. The zero-order valence-corrected chi connectivity index (χ0v) is 7.59. The van der Waals surface area contributed by atoms with Gasteiger partial charge in [0.25, 0.3) is 6.43 Å². The molecule has 0 aromatic heterocycles. The van der Waals surface area contributed by atoms with E-state index in [1.165, 1.54) is 19.1 Å². The van der Waals surface area contributed by atoms with Crippen molar-refractivity contribution in [2.45, 2.75) is 12.7 Å². The minimum atomic E-state index is -2.32. The third kappa shape index (κ3) is 5.40. The highest BCUT2D eigenvalue weighted by atomic mass is 19.3. The van der Waals surface area contributed by atoms with Gasteiger partial charge in [-0.1, -0.05) is 0 Å². The Kier molecular flexibility index (Phi) is 6.14. The van der Waals surface area contributed by atoms with Gasteiger partial charge in [-0.2, -0.15) is 0 Å². The van der Waals surface area contributed by atoms with Gasteiger partial charge in [0, 0.05) is 20.8 Å². The van der Waals surface area contributed by atoms with E-state index in [4.69, 9.17) is 9.47 Å². The second-order valence-corrected chi connectivity index (χ2v) is 2.51. The molecule has 0 N–H and O–H groups in total. The Morgan fingerprint density at radius 3 is 2.00 bits per heavy atom. The summed E-state index contributed by atoms with van der Waals surface area (Å²) in [5.74, 6) is 0. The van der Waals surface area contributed by atoms with Gasteiger partial charge in [-0.25, -0.2) is 8.78 Å². The summed E-state index contributed by atoms with van der Waals surface area (Å²) in [6.45, 7) is 0.0839. The maximum atomic E-state index is 11.8. The van der Waals surface area contributed by atoms with E-state index in [1.54, 1.807) is 7.05 Å². The van der Waals surface area contributed by atoms with Gasteiger partial charge in [0.1, 0.15) is 0 Å². The molecule has 0 aliphatic carbocycles. The van der Waals surface area contributed by atoms with Gasteiger partial charge in [-0.05, 0) is 7.05 Å². The zero-order chi connectivity index (χ0) is 9.56. The van der Waals surface area contributed by atoms with Crippen molar-refractivity contribution in [2.24, 2.45) is 0 Å². The first-order valence-electron chi connectivity index (χ1n) is 3.62. The second kappa shape index (κ2) is 6.28. The third-order valence-corrected chi connectivity index (χ3v) is 1.44. The second-order valence-electron chi connectivity index (χ2n) is 2.51.